The molecule has 1 unspecified atom stereocenters. The fraction of sp³-hybridized carbons (Fsp3) is 0.267. The van der Waals surface area contributed by atoms with E-state index in [2.05, 4.69) is 11.1 Å². The highest BCUT2D eigenvalue weighted by atomic mass is 35.5. The second-order valence-corrected chi connectivity index (χ2v) is 5.52. The van der Waals surface area contributed by atoms with E-state index in [-0.39, 0.29) is 6.04 Å². The van der Waals surface area contributed by atoms with E-state index in [0.29, 0.717) is 16.5 Å². The summed E-state index contributed by atoms with van der Waals surface area (Å²) in [5.74, 6) is 0. The Kier molecular flexibility index (Phi) is 4.46. The number of benzene rings is 1. The highest BCUT2D eigenvalue weighted by Gasteiger charge is 2.14. The number of rotatable bonds is 3. The normalized spacial score (nSPS) is 12.5. The Morgan fingerprint density at radius 3 is 2.68 bits per heavy atom. The smallest absolute Gasteiger partial charge is 0.0624 e. The van der Waals surface area contributed by atoms with Crippen LogP contribution in [-0.4, -0.2) is 4.98 Å². The summed E-state index contributed by atoms with van der Waals surface area (Å²) in [4.78, 5) is 4.42. The molecular weight excluding hydrogens is 279 g/mol. The Morgan fingerprint density at radius 1 is 1.26 bits per heavy atom. The van der Waals surface area contributed by atoms with Crippen LogP contribution >= 0.6 is 23.2 Å². The van der Waals surface area contributed by atoms with Gasteiger partial charge in [-0.25, -0.2) is 0 Å². The molecule has 0 aliphatic rings. The molecule has 0 bridgehead atoms. The molecule has 0 saturated carbocycles. The van der Waals surface area contributed by atoms with Crippen LogP contribution in [0.25, 0.3) is 0 Å². The van der Waals surface area contributed by atoms with Crippen molar-refractivity contribution in [2.45, 2.75) is 26.3 Å². The predicted molar refractivity (Wildman–Crippen MR) is 80.8 cm³/mol. The number of nitrogens with zero attached hydrogens (tertiary/aromatic N) is 1. The maximum absolute atomic E-state index is 6.23. The minimum absolute atomic E-state index is 0.184. The number of nitrogens with two attached hydrogens (primary N) is 1. The molecule has 1 heterocycles. The van der Waals surface area contributed by atoms with Gasteiger partial charge in [-0.1, -0.05) is 41.4 Å². The molecule has 4 heteroatoms. The van der Waals surface area contributed by atoms with Crippen LogP contribution in [0.5, 0.6) is 0 Å². The Bertz CT molecular complexity index is 597. The van der Waals surface area contributed by atoms with E-state index < -0.39 is 0 Å². The average Bonchev–Trinajstić information content (AvgIpc) is 2.34. The Morgan fingerprint density at radius 2 is 2.00 bits per heavy atom. The molecule has 1 aromatic heterocycles. The van der Waals surface area contributed by atoms with Crippen LogP contribution in [0, 0.1) is 13.8 Å². The molecule has 0 amide bonds. The monoisotopic (exact) mass is 294 g/mol. The van der Waals surface area contributed by atoms with E-state index in [1.807, 2.05) is 32.2 Å². The van der Waals surface area contributed by atoms with Crippen LogP contribution in [0.1, 0.15) is 28.4 Å². The van der Waals surface area contributed by atoms with E-state index in [4.69, 9.17) is 28.9 Å². The lowest BCUT2D eigenvalue weighted by Gasteiger charge is -2.15. The molecule has 1 atom stereocenters. The quantitative estimate of drug-likeness (QED) is 0.919. The summed E-state index contributed by atoms with van der Waals surface area (Å²) in [7, 11) is 0. The maximum atomic E-state index is 6.23. The van der Waals surface area contributed by atoms with Gasteiger partial charge in [-0.2, -0.15) is 0 Å². The third-order valence-electron chi connectivity index (χ3n) is 3.08. The zero-order chi connectivity index (χ0) is 14.0. The van der Waals surface area contributed by atoms with Crippen molar-refractivity contribution in [2.75, 3.05) is 0 Å². The summed E-state index contributed by atoms with van der Waals surface area (Å²) in [6.45, 7) is 4.04. The molecule has 0 spiro atoms. The van der Waals surface area contributed by atoms with Gasteiger partial charge in [0, 0.05) is 6.20 Å². The maximum Gasteiger partial charge on any atom is 0.0624 e. The van der Waals surface area contributed by atoms with Gasteiger partial charge in [-0.3, -0.25) is 4.98 Å². The number of pyridine rings is 1. The standard InChI is InChI=1S/C15H16Cl2N2/c1-9-6-10(2)15(19-8-9)13(18)7-11-4-3-5-12(16)14(11)17/h3-6,8,13H,7,18H2,1-2H3. The Labute approximate surface area is 123 Å². The second kappa shape index (κ2) is 5.91. The Balaban J connectivity index is 2.25. The van der Waals surface area contributed by atoms with Crippen LogP contribution in [0.3, 0.4) is 0 Å². The number of halogens is 2. The van der Waals surface area contributed by atoms with Crippen molar-refractivity contribution in [3.05, 3.63) is 62.9 Å². The van der Waals surface area contributed by atoms with Gasteiger partial charge >= 0.3 is 0 Å². The van der Waals surface area contributed by atoms with Crippen molar-refractivity contribution in [3.8, 4) is 0 Å². The molecule has 2 aromatic rings. The van der Waals surface area contributed by atoms with E-state index in [1.54, 1.807) is 6.07 Å². The lowest BCUT2D eigenvalue weighted by Crippen LogP contribution is -2.16. The number of hydrogen-bond donors (Lipinski definition) is 1. The fourth-order valence-corrected chi connectivity index (χ4v) is 2.55. The highest BCUT2D eigenvalue weighted by Crippen LogP contribution is 2.28. The van der Waals surface area contributed by atoms with Crippen molar-refractivity contribution in [1.82, 2.24) is 4.98 Å². The highest BCUT2D eigenvalue weighted by molar-refractivity contribution is 6.42. The van der Waals surface area contributed by atoms with Gasteiger partial charge in [0.2, 0.25) is 0 Å². The summed E-state index contributed by atoms with van der Waals surface area (Å²) in [6, 6.07) is 7.50. The van der Waals surface area contributed by atoms with Crippen molar-refractivity contribution >= 4 is 23.2 Å². The number of hydrogen-bond acceptors (Lipinski definition) is 2. The van der Waals surface area contributed by atoms with Gasteiger partial charge in [-0.15, -0.1) is 0 Å². The summed E-state index contributed by atoms with van der Waals surface area (Å²) >= 11 is 12.2. The van der Waals surface area contributed by atoms with Crippen LogP contribution in [0.4, 0.5) is 0 Å². The molecule has 0 aliphatic heterocycles. The van der Waals surface area contributed by atoms with Crippen LogP contribution in [-0.2, 0) is 6.42 Å². The fourth-order valence-electron chi connectivity index (χ4n) is 2.15. The first-order valence-electron chi connectivity index (χ1n) is 6.10. The van der Waals surface area contributed by atoms with Gasteiger partial charge in [0.25, 0.3) is 0 Å². The van der Waals surface area contributed by atoms with E-state index in [9.17, 15) is 0 Å². The molecule has 0 saturated heterocycles. The third kappa shape index (κ3) is 3.27. The molecule has 2 N–H and O–H groups in total. The van der Waals surface area contributed by atoms with E-state index in [1.165, 1.54) is 0 Å². The molecule has 0 radical (unpaired) electrons. The van der Waals surface area contributed by atoms with E-state index in [0.717, 1.165) is 22.4 Å². The third-order valence-corrected chi connectivity index (χ3v) is 3.94. The summed E-state index contributed by atoms with van der Waals surface area (Å²) in [5, 5.41) is 1.13. The number of aromatic nitrogens is 1. The van der Waals surface area contributed by atoms with E-state index >= 15 is 0 Å². The second-order valence-electron chi connectivity index (χ2n) is 4.74. The number of aryl methyl sites for hydroxylation is 2. The molecule has 2 nitrogen and oxygen atoms in total. The lowest BCUT2D eigenvalue weighted by atomic mass is 10.00. The lowest BCUT2D eigenvalue weighted by molar-refractivity contribution is 0.689. The SMILES string of the molecule is Cc1cnc(C(N)Cc2cccc(Cl)c2Cl)c(C)c1. The molecule has 0 aliphatic carbocycles. The van der Waals surface area contributed by atoms with Crippen molar-refractivity contribution < 1.29 is 0 Å². The van der Waals surface area contributed by atoms with Crippen molar-refractivity contribution in [1.29, 1.82) is 0 Å². The predicted octanol–water partition coefficient (Wildman–Crippen LogP) is 4.25. The topological polar surface area (TPSA) is 38.9 Å². The first-order valence-corrected chi connectivity index (χ1v) is 6.86. The van der Waals surface area contributed by atoms with Gasteiger partial charge in [0.15, 0.2) is 0 Å². The molecular formula is C15H16Cl2N2. The van der Waals surface area contributed by atoms with Crippen LogP contribution in [0.2, 0.25) is 10.0 Å². The van der Waals surface area contributed by atoms with Gasteiger partial charge in [-0.05, 0) is 43.0 Å². The molecule has 19 heavy (non-hydrogen) atoms. The molecule has 0 fully saturated rings. The molecule has 1 aromatic carbocycles. The zero-order valence-electron chi connectivity index (χ0n) is 11.0. The van der Waals surface area contributed by atoms with Crippen LogP contribution < -0.4 is 5.73 Å². The average molecular weight is 295 g/mol. The first kappa shape index (κ1) is 14.3. The summed E-state index contributed by atoms with van der Waals surface area (Å²) in [5.41, 5.74) is 10.3. The molecule has 2 rings (SSSR count). The minimum Gasteiger partial charge on any atom is -0.322 e. The van der Waals surface area contributed by atoms with Gasteiger partial charge in [0.05, 0.1) is 21.8 Å². The first-order chi connectivity index (χ1) is 8.99. The molecule has 100 valence electrons. The summed E-state index contributed by atoms with van der Waals surface area (Å²) in [6.07, 6.45) is 2.46. The van der Waals surface area contributed by atoms with Crippen molar-refractivity contribution in [3.63, 3.8) is 0 Å². The Hall–Kier alpha value is -1.09. The van der Waals surface area contributed by atoms with Gasteiger partial charge < -0.3 is 5.73 Å². The zero-order valence-corrected chi connectivity index (χ0v) is 12.5. The van der Waals surface area contributed by atoms with Crippen molar-refractivity contribution in [2.24, 2.45) is 5.73 Å². The van der Waals surface area contributed by atoms with Gasteiger partial charge in [0.1, 0.15) is 0 Å². The summed E-state index contributed by atoms with van der Waals surface area (Å²) < 4.78 is 0. The minimum atomic E-state index is -0.184. The van der Waals surface area contributed by atoms with Crippen LogP contribution in [0.15, 0.2) is 30.5 Å². The largest absolute Gasteiger partial charge is 0.322 e.